The molecule has 0 atom stereocenters. The van der Waals surface area contributed by atoms with Crippen LogP contribution in [0.5, 0.6) is 17.2 Å². The Hall–Kier alpha value is -6.86. The fourth-order valence-corrected chi connectivity index (χ4v) is 11.5. The molecule has 0 spiro atoms. The maximum absolute atomic E-state index is 13.5. The summed E-state index contributed by atoms with van der Waals surface area (Å²) in [5.41, 5.74) is 12.2. The molecule has 98 heavy (non-hydrogen) atoms. The van der Waals surface area contributed by atoms with Crippen molar-refractivity contribution in [3.05, 3.63) is 141 Å². The fraction of sp³-hybridized carbons (Fsp3) is 0.500. The first-order valence-corrected chi connectivity index (χ1v) is 33.5. The number of thiol groups is 2. The van der Waals surface area contributed by atoms with Gasteiger partial charge in [-0.15, -0.1) is 0 Å². The van der Waals surface area contributed by atoms with Gasteiger partial charge in [0, 0.05) is 86.0 Å². The second-order valence-corrected chi connectivity index (χ2v) is 23.7. The van der Waals surface area contributed by atoms with Gasteiger partial charge in [0.15, 0.2) is 0 Å². The lowest BCUT2D eigenvalue weighted by Gasteiger charge is -2.26. The average Bonchev–Trinajstić information content (AvgIpc) is 0.823. The van der Waals surface area contributed by atoms with Crippen molar-refractivity contribution in [3.63, 3.8) is 0 Å². The van der Waals surface area contributed by atoms with Crippen molar-refractivity contribution in [2.45, 2.75) is 54.3 Å². The second-order valence-electron chi connectivity index (χ2n) is 23.3. The summed E-state index contributed by atoms with van der Waals surface area (Å²) >= 11 is 7.63. The van der Waals surface area contributed by atoms with E-state index in [0.29, 0.717) is 212 Å². The van der Waals surface area contributed by atoms with Gasteiger partial charge < -0.3 is 69.9 Å². The first kappa shape index (κ1) is 78.5. The highest BCUT2D eigenvalue weighted by atomic mass is 32.1. The quantitative estimate of drug-likeness (QED) is 0.0119. The fourth-order valence-electron chi connectivity index (χ4n) is 11.3. The van der Waals surface area contributed by atoms with E-state index < -0.39 is 17.9 Å². The predicted molar refractivity (Wildman–Crippen MR) is 376 cm³/mol. The van der Waals surface area contributed by atoms with E-state index in [-0.39, 0.29) is 17.1 Å². The lowest BCUT2D eigenvalue weighted by Crippen LogP contribution is -2.36. The summed E-state index contributed by atoms with van der Waals surface area (Å²) in [6.07, 6.45) is 0. The van der Waals surface area contributed by atoms with E-state index in [9.17, 15) is 14.4 Å². The van der Waals surface area contributed by atoms with Gasteiger partial charge in [0.2, 0.25) is 0 Å². The average molecular weight is 1400 g/mol. The zero-order chi connectivity index (χ0) is 70.0. The predicted octanol–water partition coefficient (Wildman–Crippen LogP) is 9.20. The molecule has 0 N–H and O–H groups in total. The molecule has 4 heterocycles. The first-order valence-electron chi connectivity index (χ1n) is 32.8. The number of nitrogens with zero attached hydrogens (tertiary/aromatic N) is 6. The molecule has 24 nitrogen and oxygen atoms in total. The van der Waals surface area contributed by atoms with Gasteiger partial charge in [0.05, 0.1) is 130 Å². The van der Waals surface area contributed by atoms with Crippen LogP contribution in [0.4, 0.5) is 0 Å². The third-order valence-corrected chi connectivity index (χ3v) is 16.3. The molecular formula is C72H96N6O18S2. The van der Waals surface area contributed by atoms with Crippen molar-refractivity contribution >= 4 is 43.7 Å². The van der Waals surface area contributed by atoms with Crippen LogP contribution in [0.3, 0.4) is 0 Å². The number of esters is 2. The summed E-state index contributed by atoms with van der Waals surface area (Å²) in [4.78, 5) is 62.1. The van der Waals surface area contributed by atoms with Crippen LogP contribution < -0.4 is 14.2 Å². The molecule has 0 aliphatic carbocycles. The van der Waals surface area contributed by atoms with Crippen LogP contribution in [0.2, 0.25) is 0 Å². The van der Waals surface area contributed by atoms with Crippen LogP contribution in [0.15, 0.2) is 78.9 Å². The van der Waals surface area contributed by atoms with E-state index in [1.54, 1.807) is 32.4 Å². The van der Waals surface area contributed by atoms with E-state index in [4.69, 9.17) is 84.9 Å². The van der Waals surface area contributed by atoms with Gasteiger partial charge in [-0.2, -0.15) is 0 Å². The molecule has 0 unspecified atom stereocenters. The highest BCUT2D eigenvalue weighted by Crippen LogP contribution is 2.35. The number of pyridine rings is 3. The summed E-state index contributed by atoms with van der Waals surface area (Å²) in [6.45, 7) is 22.4. The SMILES string of the molecule is COCCOCCOCCOc1cc(C)c(-c2cc(CN3CCN(Cc4cc(-c5c(C)cc(OCCOCCOCCOC)cc5C)cc(C(=O)OC)n4)CCN(Cc4cc(-c5ccc(OCCOCCOCCOS)cc5C)cc(C(=O)OS)n4)CC3)nc(C(=O)OC)c2)c(C)c1. The van der Waals surface area contributed by atoms with Gasteiger partial charge in [-0.25, -0.2) is 29.3 Å². The number of carbonyl (C=O) groups is 3. The first-order chi connectivity index (χ1) is 47.6. The monoisotopic (exact) mass is 1400 g/mol. The maximum Gasteiger partial charge on any atom is 0.368 e. The van der Waals surface area contributed by atoms with Gasteiger partial charge in [0.25, 0.3) is 0 Å². The number of benzene rings is 3. The number of aromatic nitrogens is 3. The largest absolute Gasteiger partial charge is 0.491 e. The zero-order valence-electron chi connectivity index (χ0n) is 58.0. The maximum atomic E-state index is 13.5. The standard InChI is InChI=1S/C72H96N6O18S2/c1-50-36-61(92-32-28-88-26-27-91-31-35-95-97)10-11-64(50)55-41-58(75-67(44-55)72(81)96-98)47-76-12-14-77(48-59-42-56(45-65(73-59)70(79)84-8)68-51(2)37-62(38-52(68)3)93-33-29-89-24-22-86-20-18-82-6)16-17-78(15-13-76)49-60-43-57(46-66(74-60)71(80)85-9)69-53(4)39-63(40-54(69)5)94-34-30-90-25-23-87-21-19-83-7/h10-11,36-46,97-98H,12-35,47-49H2,1-9H3. The third-order valence-electron chi connectivity index (χ3n) is 16.0. The molecule has 0 bridgehead atoms. The lowest BCUT2D eigenvalue weighted by atomic mass is 9.94. The number of rotatable bonds is 42. The van der Waals surface area contributed by atoms with Crippen LogP contribution in [-0.2, 0) is 75.4 Å². The Balaban J connectivity index is 1.16. The van der Waals surface area contributed by atoms with Crippen molar-refractivity contribution in [2.75, 3.05) is 187 Å². The summed E-state index contributed by atoms with van der Waals surface area (Å²) in [5, 5.41) is 0. The highest BCUT2D eigenvalue weighted by Gasteiger charge is 2.24. The summed E-state index contributed by atoms with van der Waals surface area (Å²) in [6, 6.07) is 25.1. The number of methoxy groups -OCH3 is 4. The smallest absolute Gasteiger partial charge is 0.368 e. The second kappa shape index (κ2) is 42.9. The molecule has 0 amide bonds. The summed E-state index contributed by atoms with van der Waals surface area (Å²) in [5.74, 6) is 0.240. The molecule has 26 heteroatoms. The highest BCUT2D eigenvalue weighted by molar-refractivity contribution is 7.75. The molecule has 0 saturated carbocycles. The molecule has 1 fully saturated rings. The Morgan fingerprint density at radius 1 is 0.367 bits per heavy atom. The van der Waals surface area contributed by atoms with Crippen LogP contribution in [0.1, 0.15) is 76.4 Å². The molecule has 0 radical (unpaired) electrons. The number of carbonyl (C=O) groups excluding carboxylic acids is 3. The molecule has 1 saturated heterocycles. The Bertz CT molecular complexity index is 3280. The van der Waals surface area contributed by atoms with Crippen molar-refractivity contribution in [1.82, 2.24) is 29.7 Å². The number of ether oxygens (including phenoxy) is 13. The number of aryl methyl sites for hydroxylation is 5. The number of hydrogen-bond donors (Lipinski definition) is 2. The Morgan fingerprint density at radius 2 is 0.684 bits per heavy atom. The molecule has 534 valence electrons. The van der Waals surface area contributed by atoms with E-state index in [0.717, 1.165) is 61.2 Å². The van der Waals surface area contributed by atoms with Gasteiger partial charge in [-0.3, -0.25) is 14.7 Å². The minimum absolute atomic E-state index is 0.0984. The van der Waals surface area contributed by atoms with Crippen molar-refractivity contribution in [1.29, 1.82) is 0 Å². The van der Waals surface area contributed by atoms with Crippen LogP contribution >= 0.6 is 25.8 Å². The van der Waals surface area contributed by atoms with Crippen molar-refractivity contribution in [2.24, 2.45) is 0 Å². The van der Waals surface area contributed by atoms with E-state index in [1.165, 1.54) is 14.2 Å². The Morgan fingerprint density at radius 3 is 1.03 bits per heavy atom. The zero-order valence-corrected chi connectivity index (χ0v) is 59.8. The van der Waals surface area contributed by atoms with Gasteiger partial charge in [-0.05, 0) is 182 Å². The molecule has 1 aliphatic rings. The van der Waals surface area contributed by atoms with Crippen molar-refractivity contribution in [3.8, 4) is 50.6 Å². The van der Waals surface area contributed by atoms with Gasteiger partial charge in [-0.1, -0.05) is 6.07 Å². The van der Waals surface area contributed by atoms with Gasteiger partial charge in [0.1, 0.15) is 54.2 Å². The molecule has 3 aromatic carbocycles. The van der Waals surface area contributed by atoms with E-state index in [1.807, 2.05) is 95.3 Å². The molecule has 7 rings (SSSR count). The van der Waals surface area contributed by atoms with Gasteiger partial charge >= 0.3 is 17.9 Å². The van der Waals surface area contributed by atoms with Crippen LogP contribution in [-0.4, -0.2) is 234 Å². The van der Waals surface area contributed by atoms with Crippen LogP contribution in [0.25, 0.3) is 33.4 Å². The Kier molecular flexibility index (Phi) is 34.4. The molecule has 6 aromatic rings. The van der Waals surface area contributed by atoms with E-state index in [2.05, 4.69) is 40.5 Å². The lowest BCUT2D eigenvalue weighted by molar-refractivity contribution is 0.0179. The van der Waals surface area contributed by atoms with Crippen LogP contribution in [0, 0.1) is 34.6 Å². The minimum atomic E-state index is -0.697. The topological polar surface area (TPSA) is 238 Å². The molecule has 1 aliphatic heterocycles. The summed E-state index contributed by atoms with van der Waals surface area (Å²) < 4.78 is 82.2. The van der Waals surface area contributed by atoms with Crippen molar-refractivity contribution < 1.29 is 84.3 Å². The number of hydrogen-bond acceptors (Lipinski definition) is 26. The van der Waals surface area contributed by atoms with E-state index >= 15 is 0 Å². The summed E-state index contributed by atoms with van der Waals surface area (Å²) in [7, 11) is 5.97. The minimum Gasteiger partial charge on any atom is -0.491 e. The third kappa shape index (κ3) is 25.7. The molecular weight excluding hydrogens is 1300 g/mol. The Labute approximate surface area is 587 Å². The normalized spacial score (nSPS) is 13.2. The molecule has 3 aromatic heterocycles.